The fourth-order valence-corrected chi connectivity index (χ4v) is 4.20. The second-order valence-electron chi connectivity index (χ2n) is 7.20. The Kier molecular flexibility index (Phi) is 5.81. The molecule has 1 aliphatic heterocycles. The van der Waals surface area contributed by atoms with Crippen LogP contribution in [-0.4, -0.2) is 38.7 Å². The summed E-state index contributed by atoms with van der Waals surface area (Å²) in [7, 11) is 0. The van der Waals surface area contributed by atoms with Crippen molar-refractivity contribution >= 4 is 23.3 Å². The van der Waals surface area contributed by atoms with Crippen LogP contribution in [0.5, 0.6) is 0 Å². The largest absolute Gasteiger partial charge is 0.465 e. The zero-order chi connectivity index (χ0) is 21.1. The Morgan fingerprint density at radius 3 is 2.80 bits per heavy atom. The van der Waals surface area contributed by atoms with Gasteiger partial charge in [0.1, 0.15) is 6.54 Å². The number of hydrogen-bond donors (Lipinski definition) is 1. The molecule has 0 spiro atoms. The second kappa shape index (κ2) is 8.67. The van der Waals surface area contributed by atoms with Gasteiger partial charge in [0, 0.05) is 23.8 Å². The first-order valence-corrected chi connectivity index (χ1v) is 10.4. The molecule has 3 heterocycles. The van der Waals surface area contributed by atoms with E-state index in [0.29, 0.717) is 11.7 Å². The van der Waals surface area contributed by atoms with Gasteiger partial charge in [-0.25, -0.2) is 0 Å². The van der Waals surface area contributed by atoms with Crippen molar-refractivity contribution in [3.63, 3.8) is 0 Å². The molecule has 1 aliphatic rings. The van der Waals surface area contributed by atoms with Gasteiger partial charge in [-0.15, -0.1) is 0 Å². The van der Waals surface area contributed by atoms with Gasteiger partial charge in [-0.1, -0.05) is 18.2 Å². The third-order valence-electron chi connectivity index (χ3n) is 5.17. The first-order chi connectivity index (χ1) is 14.6. The zero-order valence-corrected chi connectivity index (χ0v) is 17.8. The lowest BCUT2D eigenvalue weighted by atomic mass is 10.0. The fourth-order valence-electron chi connectivity index (χ4n) is 3.89. The molecule has 0 amide bonds. The molecule has 7 heteroatoms. The lowest BCUT2D eigenvalue weighted by Gasteiger charge is -2.28. The molecule has 30 heavy (non-hydrogen) atoms. The van der Waals surface area contributed by atoms with E-state index in [1.807, 2.05) is 41.4 Å². The summed E-state index contributed by atoms with van der Waals surface area (Å²) in [6.45, 7) is 4.28. The van der Waals surface area contributed by atoms with E-state index in [1.54, 1.807) is 13.1 Å². The van der Waals surface area contributed by atoms with Gasteiger partial charge in [-0.2, -0.15) is 0 Å². The van der Waals surface area contributed by atoms with E-state index in [1.165, 1.54) is 5.56 Å². The normalized spacial score (nSPS) is 18.3. The first-order valence-electron chi connectivity index (χ1n) is 9.96. The third-order valence-corrected chi connectivity index (χ3v) is 5.52. The lowest BCUT2D eigenvalue weighted by Crippen LogP contribution is -2.36. The van der Waals surface area contributed by atoms with Crippen molar-refractivity contribution < 1.29 is 9.53 Å². The van der Waals surface area contributed by atoms with Crippen molar-refractivity contribution in [3.8, 4) is 5.69 Å². The maximum atomic E-state index is 12.3. The van der Waals surface area contributed by atoms with E-state index in [2.05, 4.69) is 46.1 Å². The number of carbonyl (C=O) groups is 1. The van der Waals surface area contributed by atoms with Crippen LogP contribution in [0.15, 0.2) is 67.0 Å². The number of carbonyl (C=O) groups excluding carboxylic acids is 1. The molecule has 1 N–H and O–H groups in total. The number of aromatic nitrogens is 2. The molecule has 6 nitrogen and oxygen atoms in total. The highest BCUT2D eigenvalue weighted by Crippen LogP contribution is 2.39. The number of aryl methyl sites for hydroxylation is 1. The van der Waals surface area contributed by atoms with Crippen molar-refractivity contribution in [2.45, 2.75) is 25.9 Å². The number of nitrogens with zero attached hydrogens (tertiary/aromatic N) is 3. The topological polar surface area (TPSA) is 59.4 Å². The summed E-state index contributed by atoms with van der Waals surface area (Å²) in [4.78, 5) is 18.8. The van der Waals surface area contributed by atoms with Crippen LogP contribution in [0.2, 0.25) is 0 Å². The Hall–Kier alpha value is -3.19. The predicted octanol–water partition coefficient (Wildman–Crippen LogP) is 3.72. The standard InChI is InChI=1S/C23H24N4O2S/c1-3-29-20(28)15-27-22(21(25-23(27)30)18-10-4-5-12-24-18)19-11-7-13-26(19)17-9-6-8-16(2)14-17/h4-14,21-22H,3,15H2,1-2H3,(H,25,30)/t21-,22+/m0/s1. The molecule has 2 aromatic heterocycles. The molecule has 2 atom stereocenters. The van der Waals surface area contributed by atoms with E-state index in [0.717, 1.165) is 17.1 Å². The minimum absolute atomic E-state index is 0.0761. The SMILES string of the molecule is CCOC(=O)CN1C(=S)N[C@@H](c2ccccn2)[C@H]1c1cccn1-c1cccc(C)c1. The lowest BCUT2D eigenvalue weighted by molar-refractivity contribution is -0.143. The Morgan fingerprint density at radius 1 is 1.20 bits per heavy atom. The molecule has 3 aromatic rings. The van der Waals surface area contributed by atoms with E-state index in [9.17, 15) is 4.79 Å². The van der Waals surface area contributed by atoms with Crippen LogP contribution >= 0.6 is 12.2 Å². The van der Waals surface area contributed by atoms with Crippen LogP contribution in [0.25, 0.3) is 5.69 Å². The molecule has 0 saturated carbocycles. The monoisotopic (exact) mass is 420 g/mol. The summed E-state index contributed by atoms with van der Waals surface area (Å²) in [5.41, 5.74) is 4.13. The van der Waals surface area contributed by atoms with E-state index in [4.69, 9.17) is 17.0 Å². The van der Waals surface area contributed by atoms with Crippen LogP contribution in [0.1, 0.15) is 36.0 Å². The van der Waals surface area contributed by atoms with Crippen LogP contribution in [0.4, 0.5) is 0 Å². The van der Waals surface area contributed by atoms with Gasteiger partial charge in [0.15, 0.2) is 5.11 Å². The van der Waals surface area contributed by atoms with Gasteiger partial charge >= 0.3 is 5.97 Å². The van der Waals surface area contributed by atoms with Crippen LogP contribution in [0.3, 0.4) is 0 Å². The molecule has 154 valence electrons. The summed E-state index contributed by atoms with van der Waals surface area (Å²) in [6.07, 6.45) is 3.80. The van der Waals surface area contributed by atoms with Gasteiger partial charge in [0.25, 0.3) is 0 Å². The Bertz CT molecular complexity index is 1050. The van der Waals surface area contributed by atoms with Crippen LogP contribution in [0, 0.1) is 6.92 Å². The maximum absolute atomic E-state index is 12.3. The van der Waals surface area contributed by atoms with Crippen LogP contribution < -0.4 is 5.32 Å². The smallest absolute Gasteiger partial charge is 0.325 e. The number of nitrogens with one attached hydrogen (secondary N) is 1. The molecule has 1 saturated heterocycles. The van der Waals surface area contributed by atoms with Gasteiger partial charge < -0.3 is 19.5 Å². The van der Waals surface area contributed by atoms with Gasteiger partial charge in [-0.3, -0.25) is 9.78 Å². The minimum atomic E-state index is -0.304. The highest BCUT2D eigenvalue weighted by molar-refractivity contribution is 7.80. The molecule has 4 rings (SSSR count). The van der Waals surface area contributed by atoms with Crippen LogP contribution in [-0.2, 0) is 9.53 Å². The summed E-state index contributed by atoms with van der Waals surface area (Å²) in [6, 6.07) is 17.8. The number of ether oxygens (including phenoxy) is 1. The maximum Gasteiger partial charge on any atom is 0.325 e. The molecule has 0 aliphatic carbocycles. The molecule has 0 radical (unpaired) electrons. The Balaban J connectivity index is 1.79. The van der Waals surface area contributed by atoms with Crippen molar-refractivity contribution in [2.75, 3.05) is 13.2 Å². The number of hydrogen-bond acceptors (Lipinski definition) is 4. The molecule has 0 unspecified atom stereocenters. The summed E-state index contributed by atoms with van der Waals surface area (Å²) in [5.74, 6) is -0.304. The average molecular weight is 421 g/mol. The number of thiocarbonyl (C=S) groups is 1. The number of rotatable bonds is 6. The first kappa shape index (κ1) is 20.1. The zero-order valence-electron chi connectivity index (χ0n) is 17.0. The number of pyridine rings is 1. The molecule has 0 bridgehead atoms. The van der Waals surface area contributed by atoms with Gasteiger partial charge in [-0.05, 0) is 68.0 Å². The van der Waals surface area contributed by atoms with Gasteiger partial charge in [0.05, 0.1) is 24.4 Å². The fraction of sp³-hybridized carbons (Fsp3) is 0.261. The van der Waals surface area contributed by atoms with Crippen molar-refractivity contribution in [1.82, 2.24) is 19.8 Å². The Labute approximate surface area is 181 Å². The van der Waals surface area contributed by atoms with E-state index < -0.39 is 0 Å². The minimum Gasteiger partial charge on any atom is -0.465 e. The van der Waals surface area contributed by atoms with Crippen molar-refractivity contribution in [1.29, 1.82) is 0 Å². The van der Waals surface area contributed by atoms with Crippen molar-refractivity contribution in [3.05, 3.63) is 83.9 Å². The molecule has 1 fully saturated rings. The van der Waals surface area contributed by atoms with Crippen molar-refractivity contribution in [2.24, 2.45) is 0 Å². The number of benzene rings is 1. The average Bonchev–Trinajstić information content (AvgIpc) is 3.34. The third kappa shape index (κ3) is 3.93. The molecular formula is C23H24N4O2S. The quantitative estimate of drug-likeness (QED) is 0.485. The summed E-state index contributed by atoms with van der Waals surface area (Å²) in [5, 5.41) is 3.88. The summed E-state index contributed by atoms with van der Waals surface area (Å²) < 4.78 is 7.34. The van der Waals surface area contributed by atoms with E-state index >= 15 is 0 Å². The summed E-state index contributed by atoms with van der Waals surface area (Å²) >= 11 is 5.62. The number of esters is 1. The predicted molar refractivity (Wildman–Crippen MR) is 119 cm³/mol. The molecular weight excluding hydrogens is 396 g/mol. The van der Waals surface area contributed by atoms with E-state index in [-0.39, 0.29) is 24.6 Å². The Morgan fingerprint density at radius 2 is 2.07 bits per heavy atom. The molecule has 1 aromatic carbocycles. The highest BCUT2D eigenvalue weighted by Gasteiger charge is 2.42. The van der Waals surface area contributed by atoms with Gasteiger partial charge in [0.2, 0.25) is 0 Å². The highest BCUT2D eigenvalue weighted by atomic mass is 32.1. The second-order valence-corrected chi connectivity index (χ2v) is 7.59.